The highest BCUT2D eigenvalue weighted by molar-refractivity contribution is 7.99. The fraction of sp³-hybridized carbons (Fsp3) is 0.444. The molecule has 1 saturated carbocycles. The Morgan fingerprint density at radius 3 is 2.86 bits per heavy atom. The Bertz CT molecular complexity index is 1310. The molecule has 0 spiro atoms. The molecule has 6 nitrogen and oxygen atoms in total. The van der Waals surface area contributed by atoms with Crippen molar-refractivity contribution in [2.75, 3.05) is 12.4 Å². The number of carbonyl (C=O) groups excluding carboxylic acids is 1. The van der Waals surface area contributed by atoms with Crippen LogP contribution in [0.15, 0.2) is 46.0 Å². The van der Waals surface area contributed by atoms with Gasteiger partial charge in [-0.1, -0.05) is 29.5 Å². The Morgan fingerprint density at radius 1 is 1.38 bits per heavy atom. The fourth-order valence-corrected chi connectivity index (χ4v) is 6.11. The maximum Gasteiger partial charge on any atom is 0.408 e. The number of nitrogens with zero attached hydrogens (tertiary/aromatic N) is 3. The lowest BCUT2D eigenvalue weighted by Gasteiger charge is -2.31. The van der Waals surface area contributed by atoms with E-state index in [2.05, 4.69) is 27.0 Å². The van der Waals surface area contributed by atoms with Gasteiger partial charge in [0.25, 0.3) is 0 Å². The van der Waals surface area contributed by atoms with Gasteiger partial charge in [0, 0.05) is 52.0 Å². The summed E-state index contributed by atoms with van der Waals surface area (Å²) in [6, 6.07) is 4.01. The van der Waals surface area contributed by atoms with E-state index in [-0.39, 0.29) is 11.1 Å². The number of nitrogens with one attached hydrogen (secondary N) is 1. The molecule has 2 fully saturated rings. The molecule has 1 saturated heterocycles. The largest absolute Gasteiger partial charge is 0.444 e. The number of alkyl carbamates (subject to hydrolysis) is 1. The first-order valence-electron chi connectivity index (χ1n) is 12.2. The number of allylic oxidation sites excluding steroid dienone is 1. The number of benzene rings is 1. The minimum atomic E-state index is -0.543. The number of fused-ring (bicyclic) bond motifs is 1. The normalized spacial score (nSPS) is 21.2. The number of ether oxygens (including phenoxy) is 1. The van der Waals surface area contributed by atoms with Crippen LogP contribution in [-0.4, -0.2) is 45.1 Å². The maximum atomic E-state index is 13.9. The molecule has 0 bridgehead atoms. The summed E-state index contributed by atoms with van der Waals surface area (Å²) in [6.07, 6.45) is 4.33. The van der Waals surface area contributed by atoms with Crippen LogP contribution in [0.25, 0.3) is 0 Å². The van der Waals surface area contributed by atoms with E-state index >= 15 is 0 Å². The molecule has 3 aliphatic rings. The van der Waals surface area contributed by atoms with Crippen LogP contribution in [0.1, 0.15) is 56.6 Å². The van der Waals surface area contributed by atoms with E-state index in [1.165, 1.54) is 23.5 Å². The van der Waals surface area contributed by atoms with Gasteiger partial charge in [-0.05, 0) is 45.7 Å². The van der Waals surface area contributed by atoms with E-state index in [1.807, 2.05) is 26.2 Å². The molecule has 1 N–H and O–H groups in total. The topological polar surface area (TPSA) is 66.8 Å². The molecular formula is C27H28ClFN4O2S2. The molecule has 194 valence electrons. The van der Waals surface area contributed by atoms with Crippen molar-refractivity contribution in [3.63, 3.8) is 0 Å². The maximum absolute atomic E-state index is 13.9. The third-order valence-corrected chi connectivity index (χ3v) is 8.22. The number of halogens is 2. The van der Waals surface area contributed by atoms with Gasteiger partial charge in [-0.2, -0.15) is 0 Å². The van der Waals surface area contributed by atoms with Gasteiger partial charge >= 0.3 is 6.09 Å². The van der Waals surface area contributed by atoms with Gasteiger partial charge in [0.2, 0.25) is 0 Å². The van der Waals surface area contributed by atoms with Crippen molar-refractivity contribution in [2.24, 2.45) is 10.9 Å². The number of hydrogen-bond donors (Lipinski definition) is 1. The van der Waals surface area contributed by atoms with E-state index in [0.29, 0.717) is 23.4 Å². The highest BCUT2D eigenvalue weighted by atomic mass is 35.5. The van der Waals surface area contributed by atoms with Crippen LogP contribution >= 0.6 is 34.7 Å². The molecule has 2 atom stereocenters. The van der Waals surface area contributed by atoms with Crippen molar-refractivity contribution < 1.29 is 13.9 Å². The first kappa shape index (κ1) is 26.1. The number of amidine groups is 1. The lowest BCUT2D eigenvalue weighted by molar-refractivity contribution is 0.0538. The molecule has 2 unspecified atom stereocenters. The van der Waals surface area contributed by atoms with Crippen LogP contribution in [0.3, 0.4) is 0 Å². The standard InChI is InChI=1S/C27H28ClFN4O2S2/c1-27(2,3)35-26(34)31-15-37-18-13-22-20(8-6-16-4-5-16)23(19-9-7-17(29)12-21(19)28)32-24(33(22)14-18)25-30-10-11-36-25/h7,9-12,16,18,23H,4-5,13-15H2,1-3H3,(H,31,34). The minimum absolute atomic E-state index is 0.204. The van der Waals surface area contributed by atoms with Gasteiger partial charge in [-0.3, -0.25) is 4.99 Å². The van der Waals surface area contributed by atoms with Crippen LogP contribution < -0.4 is 5.32 Å². The number of rotatable bonds is 5. The van der Waals surface area contributed by atoms with Gasteiger partial charge in [-0.25, -0.2) is 14.2 Å². The van der Waals surface area contributed by atoms with Gasteiger partial charge in [0.05, 0.1) is 11.4 Å². The fourth-order valence-electron chi connectivity index (χ4n) is 4.23. The summed E-state index contributed by atoms with van der Waals surface area (Å²) in [4.78, 5) is 24.0. The van der Waals surface area contributed by atoms with Crippen LogP contribution in [0.2, 0.25) is 5.02 Å². The quantitative estimate of drug-likeness (QED) is 0.340. The molecule has 1 amide bonds. The van der Waals surface area contributed by atoms with E-state index in [9.17, 15) is 9.18 Å². The van der Waals surface area contributed by atoms with E-state index in [4.69, 9.17) is 21.3 Å². The third-order valence-electron chi connectivity index (χ3n) is 6.03. The van der Waals surface area contributed by atoms with Crippen molar-refractivity contribution in [1.82, 2.24) is 15.2 Å². The first-order valence-corrected chi connectivity index (χ1v) is 14.5. The summed E-state index contributed by atoms with van der Waals surface area (Å²) in [7, 11) is 0. The number of thiazole rings is 1. The smallest absolute Gasteiger partial charge is 0.408 e. The highest BCUT2D eigenvalue weighted by Crippen LogP contribution is 2.44. The summed E-state index contributed by atoms with van der Waals surface area (Å²) in [5.41, 5.74) is 2.18. The minimum Gasteiger partial charge on any atom is -0.444 e. The Kier molecular flexibility index (Phi) is 7.53. The van der Waals surface area contributed by atoms with Crippen LogP contribution in [-0.2, 0) is 4.74 Å². The van der Waals surface area contributed by atoms with Crippen molar-refractivity contribution >= 4 is 46.6 Å². The molecule has 2 aromatic rings. The van der Waals surface area contributed by atoms with Gasteiger partial charge in [0.15, 0.2) is 10.8 Å². The van der Waals surface area contributed by atoms with E-state index < -0.39 is 17.7 Å². The Balaban J connectivity index is 1.45. The number of amides is 1. The third kappa shape index (κ3) is 6.31. The predicted molar refractivity (Wildman–Crippen MR) is 147 cm³/mol. The lowest BCUT2D eigenvalue weighted by atomic mass is 9.94. The van der Waals surface area contributed by atoms with Crippen LogP contribution in [0.5, 0.6) is 0 Å². The first-order chi connectivity index (χ1) is 17.7. The Morgan fingerprint density at radius 2 is 2.19 bits per heavy atom. The predicted octanol–water partition coefficient (Wildman–Crippen LogP) is 6.39. The summed E-state index contributed by atoms with van der Waals surface area (Å²) in [5.74, 6) is 8.08. The average Bonchev–Trinajstić information content (AvgIpc) is 3.30. The zero-order valence-corrected chi connectivity index (χ0v) is 23.3. The van der Waals surface area contributed by atoms with Crippen molar-refractivity contribution in [3.8, 4) is 11.8 Å². The highest BCUT2D eigenvalue weighted by Gasteiger charge is 2.39. The number of carbonyl (C=O) groups is 1. The SMILES string of the molecule is CC(C)(C)OC(=O)NCSC1CC2=C(C#CC3CC3)C(c3ccc(F)cc3Cl)N=C(c3nccs3)N2C1. The second-order valence-corrected chi connectivity index (χ2v) is 12.8. The van der Waals surface area contributed by atoms with E-state index in [1.54, 1.807) is 24.0 Å². The zero-order chi connectivity index (χ0) is 26.2. The van der Waals surface area contributed by atoms with Crippen LogP contribution in [0.4, 0.5) is 9.18 Å². The molecule has 1 aromatic carbocycles. The van der Waals surface area contributed by atoms with Gasteiger partial charge in [-0.15, -0.1) is 23.1 Å². The zero-order valence-electron chi connectivity index (χ0n) is 20.9. The molecule has 37 heavy (non-hydrogen) atoms. The molecular weight excluding hydrogens is 531 g/mol. The van der Waals surface area contributed by atoms with Crippen molar-refractivity contribution in [1.29, 1.82) is 0 Å². The second-order valence-electron chi connectivity index (χ2n) is 10.2. The molecule has 1 aliphatic carbocycles. The molecule has 3 heterocycles. The number of thioether (sulfide) groups is 1. The van der Waals surface area contributed by atoms with Crippen molar-refractivity contribution in [2.45, 2.75) is 56.9 Å². The molecule has 5 rings (SSSR count). The van der Waals surface area contributed by atoms with Crippen molar-refractivity contribution in [3.05, 3.63) is 62.5 Å². The molecule has 2 aliphatic heterocycles. The summed E-state index contributed by atoms with van der Waals surface area (Å²) >= 11 is 9.71. The number of hydrogen-bond acceptors (Lipinski definition) is 7. The van der Waals surface area contributed by atoms with Crippen LogP contribution in [0, 0.1) is 23.6 Å². The second kappa shape index (κ2) is 10.7. The monoisotopic (exact) mass is 558 g/mol. The molecule has 10 heteroatoms. The Hall–Kier alpha value is -2.54. The lowest BCUT2D eigenvalue weighted by Crippen LogP contribution is -2.34. The molecule has 0 radical (unpaired) electrons. The summed E-state index contributed by atoms with van der Waals surface area (Å²) in [6.45, 7) is 6.24. The molecule has 1 aromatic heterocycles. The summed E-state index contributed by atoms with van der Waals surface area (Å²) < 4.78 is 19.2. The van der Waals surface area contributed by atoms with E-state index in [0.717, 1.165) is 46.9 Å². The number of aromatic nitrogens is 1. The van der Waals surface area contributed by atoms with Gasteiger partial charge in [0.1, 0.15) is 17.5 Å². The van der Waals surface area contributed by atoms with Gasteiger partial charge < -0.3 is 15.0 Å². The summed E-state index contributed by atoms with van der Waals surface area (Å²) in [5, 5.41) is 6.11. The average molecular weight is 559 g/mol. The number of aliphatic imine (C=N–C) groups is 1. The Labute approximate surface area is 229 Å².